The summed E-state index contributed by atoms with van der Waals surface area (Å²) in [7, 11) is 0. The molecule has 1 amide bonds. The van der Waals surface area contributed by atoms with Crippen molar-refractivity contribution >= 4 is 6.09 Å². The molecule has 19 heavy (non-hydrogen) atoms. The van der Waals surface area contributed by atoms with E-state index in [9.17, 15) is 4.79 Å². The van der Waals surface area contributed by atoms with Crippen LogP contribution in [0.25, 0.3) is 0 Å². The lowest BCUT2D eigenvalue weighted by Crippen LogP contribution is -2.46. The summed E-state index contributed by atoms with van der Waals surface area (Å²) in [6.07, 6.45) is -1.01. The molecule has 1 aliphatic rings. The predicted octanol–water partition coefficient (Wildman–Crippen LogP) is 2.85. The maximum atomic E-state index is 11.0. The number of hydrogen-bond acceptors (Lipinski definition) is 2. The Morgan fingerprint density at radius 2 is 1.95 bits per heavy atom. The molecule has 4 nitrogen and oxygen atoms in total. The molecule has 0 spiro atoms. The van der Waals surface area contributed by atoms with Crippen molar-refractivity contribution in [2.45, 2.75) is 38.8 Å². The van der Waals surface area contributed by atoms with Crippen molar-refractivity contribution in [1.29, 1.82) is 0 Å². The van der Waals surface area contributed by atoms with Crippen LogP contribution in [0.5, 0.6) is 0 Å². The van der Waals surface area contributed by atoms with Gasteiger partial charge in [-0.05, 0) is 11.0 Å². The van der Waals surface area contributed by atoms with Crippen LogP contribution in [0, 0.1) is 5.41 Å². The van der Waals surface area contributed by atoms with Crippen molar-refractivity contribution in [3.63, 3.8) is 0 Å². The van der Waals surface area contributed by atoms with E-state index >= 15 is 0 Å². The third-order valence-corrected chi connectivity index (χ3v) is 3.50. The van der Waals surface area contributed by atoms with Gasteiger partial charge in [0.15, 0.2) is 0 Å². The van der Waals surface area contributed by atoms with Gasteiger partial charge in [-0.15, -0.1) is 0 Å². The number of rotatable bonds is 4. The fraction of sp³-hybridized carbons (Fsp3) is 0.533. The van der Waals surface area contributed by atoms with E-state index in [4.69, 9.17) is 9.84 Å². The van der Waals surface area contributed by atoms with E-state index in [-0.39, 0.29) is 23.5 Å². The van der Waals surface area contributed by atoms with Gasteiger partial charge in [0.1, 0.15) is 6.10 Å². The standard InChI is InChI=1S/C15H21NO3/c1-15(2,3)12(10-7-5-4-6-8-10)13(11-9-19-11)16-14(17)18/h4-8,11-13,16H,9H2,1-3H3,(H,17,18)/t11-,12-,13?/m0/s1. The highest BCUT2D eigenvalue weighted by Crippen LogP contribution is 2.41. The van der Waals surface area contributed by atoms with Crippen LogP contribution in [0.3, 0.4) is 0 Å². The van der Waals surface area contributed by atoms with Gasteiger partial charge in [0, 0.05) is 5.92 Å². The Morgan fingerprint density at radius 3 is 2.37 bits per heavy atom. The zero-order valence-electron chi connectivity index (χ0n) is 11.6. The highest BCUT2D eigenvalue weighted by molar-refractivity contribution is 5.65. The molecule has 1 heterocycles. The van der Waals surface area contributed by atoms with Crippen LogP contribution in [0.2, 0.25) is 0 Å². The second kappa shape index (κ2) is 5.21. The summed E-state index contributed by atoms with van der Waals surface area (Å²) in [6, 6.07) is 9.83. The average Bonchev–Trinajstić information content (AvgIpc) is 3.10. The molecule has 1 aromatic rings. The van der Waals surface area contributed by atoms with Gasteiger partial charge in [-0.3, -0.25) is 0 Å². The number of hydrogen-bond donors (Lipinski definition) is 2. The molecule has 0 radical (unpaired) electrons. The molecule has 1 saturated heterocycles. The molecular formula is C15H21NO3. The summed E-state index contributed by atoms with van der Waals surface area (Å²) in [5.74, 6) is 0.0808. The fourth-order valence-corrected chi connectivity index (χ4v) is 2.70. The highest BCUT2D eigenvalue weighted by Gasteiger charge is 2.44. The van der Waals surface area contributed by atoms with Crippen LogP contribution < -0.4 is 5.32 Å². The van der Waals surface area contributed by atoms with Gasteiger partial charge in [-0.25, -0.2) is 4.79 Å². The molecule has 2 N–H and O–H groups in total. The van der Waals surface area contributed by atoms with E-state index < -0.39 is 6.09 Å². The Morgan fingerprint density at radius 1 is 1.37 bits per heavy atom. The Labute approximate surface area is 113 Å². The van der Waals surface area contributed by atoms with Gasteiger partial charge in [0.2, 0.25) is 0 Å². The molecule has 0 aromatic heterocycles. The van der Waals surface area contributed by atoms with Crippen molar-refractivity contribution in [2.75, 3.05) is 6.61 Å². The van der Waals surface area contributed by atoms with E-state index in [0.29, 0.717) is 6.61 Å². The van der Waals surface area contributed by atoms with Gasteiger partial charge in [-0.1, -0.05) is 51.1 Å². The number of nitrogens with one attached hydrogen (secondary N) is 1. The van der Waals surface area contributed by atoms with Crippen molar-refractivity contribution in [1.82, 2.24) is 5.32 Å². The zero-order chi connectivity index (χ0) is 14.0. The number of benzene rings is 1. The minimum absolute atomic E-state index is 0.0134. The lowest BCUT2D eigenvalue weighted by molar-refractivity contribution is 0.168. The van der Waals surface area contributed by atoms with Crippen molar-refractivity contribution in [2.24, 2.45) is 5.41 Å². The first-order chi connectivity index (χ1) is 8.89. The lowest BCUT2D eigenvalue weighted by Gasteiger charge is -2.37. The molecule has 3 atom stereocenters. The number of amides is 1. The van der Waals surface area contributed by atoms with E-state index in [2.05, 4.69) is 38.2 Å². The molecule has 1 aromatic carbocycles. The van der Waals surface area contributed by atoms with Crippen molar-refractivity contribution in [3.05, 3.63) is 35.9 Å². The summed E-state index contributed by atoms with van der Waals surface area (Å²) >= 11 is 0. The minimum Gasteiger partial charge on any atom is -0.465 e. The first-order valence-electron chi connectivity index (χ1n) is 6.55. The van der Waals surface area contributed by atoms with Gasteiger partial charge in [0.05, 0.1) is 12.6 Å². The third-order valence-electron chi connectivity index (χ3n) is 3.50. The summed E-state index contributed by atoms with van der Waals surface area (Å²) in [4.78, 5) is 11.0. The fourth-order valence-electron chi connectivity index (χ4n) is 2.70. The smallest absolute Gasteiger partial charge is 0.404 e. The van der Waals surface area contributed by atoms with E-state index in [1.54, 1.807) is 0 Å². The molecule has 4 heteroatoms. The third kappa shape index (κ3) is 3.47. The Bertz CT molecular complexity index is 434. The monoisotopic (exact) mass is 263 g/mol. The molecule has 1 aliphatic heterocycles. The predicted molar refractivity (Wildman–Crippen MR) is 73.3 cm³/mol. The first kappa shape index (κ1) is 13.9. The van der Waals surface area contributed by atoms with Crippen molar-refractivity contribution in [3.8, 4) is 0 Å². The van der Waals surface area contributed by atoms with Gasteiger partial charge in [-0.2, -0.15) is 0 Å². The van der Waals surface area contributed by atoms with Crippen LogP contribution >= 0.6 is 0 Å². The second-order valence-electron chi connectivity index (χ2n) is 6.10. The van der Waals surface area contributed by atoms with E-state index in [0.717, 1.165) is 5.56 Å². The molecule has 1 unspecified atom stereocenters. The number of ether oxygens (including phenoxy) is 1. The zero-order valence-corrected chi connectivity index (χ0v) is 11.6. The molecule has 104 valence electrons. The minimum atomic E-state index is -0.995. The van der Waals surface area contributed by atoms with E-state index in [1.807, 2.05) is 18.2 Å². The van der Waals surface area contributed by atoms with Gasteiger partial charge >= 0.3 is 6.09 Å². The van der Waals surface area contributed by atoms with Crippen LogP contribution in [-0.2, 0) is 4.74 Å². The number of epoxide rings is 1. The van der Waals surface area contributed by atoms with Crippen LogP contribution in [0.1, 0.15) is 32.3 Å². The maximum absolute atomic E-state index is 11.0. The maximum Gasteiger partial charge on any atom is 0.404 e. The second-order valence-corrected chi connectivity index (χ2v) is 6.10. The Balaban J connectivity index is 2.33. The quantitative estimate of drug-likeness (QED) is 0.821. The molecule has 1 fully saturated rings. The summed E-state index contributed by atoms with van der Waals surface area (Å²) < 4.78 is 5.34. The number of carbonyl (C=O) groups is 1. The largest absolute Gasteiger partial charge is 0.465 e. The molecule has 0 aliphatic carbocycles. The van der Waals surface area contributed by atoms with Crippen molar-refractivity contribution < 1.29 is 14.6 Å². The summed E-state index contributed by atoms with van der Waals surface area (Å²) in [5.41, 5.74) is 1.09. The summed E-state index contributed by atoms with van der Waals surface area (Å²) in [5, 5.41) is 11.7. The Kier molecular flexibility index (Phi) is 3.80. The molecule has 0 bridgehead atoms. The normalized spacial score (nSPS) is 21.5. The molecule has 0 saturated carbocycles. The first-order valence-corrected chi connectivity index (χ1v) is 6.55. The van der Waals surface area contributed by atoms with Crippen LogP contribution in [0.15, 0.2) is 30.3 Å². The number of carboxylic acid groups (broad SMARTS) is 1. The lowest BCUT2D eigenvalue weighted by atomic mass is 9.71. The van der Waals surface area contributed by atoms with Crippen LogP contribution in [-0.4, -0.2) is 30.0 Å². The average molecular weight is 263 g/mol. The SMILES string of the molecule is CC(C)(C)[C@@H](c1ccccc1)C(NC(=O)O)[C@@H]1CO1. The Hall–Kier alpha value is -1.55. The van der Waals surface area contributed by atoms with Crippen LogP contribution in [0.4, 0.5) is 4.79 Å². The molecular weight excluding hydrogens is 242 g/mol. The highest BCUT2D eigenvalue weighted by atomic mass is 16.6. The van der Waals surface area contributed by atoms with Gasteiger partial charge in [0.25, 0.3) is 0 Å². The van der Waals surface area contributed by atoms with E-state index in [1.165, 1.54) is 0 Å². The molecule has 2 rings (SSSR count). The van der Waals surface area contributed by atoms with Gasteiger partial charge < -0.3 is 15.2 Å². The summed E-state index contributed by atoms with van der Waals surface area (Å²) in [6.45, 7) is 7.01. The topological polar surface area (TPSA) is 61.9 Å².